The zero-order valence-electron chi connectivity index (χ0n) is 18.6. The van der Waals surface area contributed by atoms with Gasteiger partial charge in [0, 0.05) is 30.4 Å². The van der Waals surface area contributed by atoms with E-state index in [1.807, 2.05) is 35.4 Å². The highest BCUT2D eigenvalue weighted by molar-refractivity contribution is 5.78. The third-order valence-electron chi connectivity index (χ3n) is 6.42. The van der Waals surface area contributed by atoms with Gasteiger partial charge in [-0.15, -0.1) is 0 Å². The number of aryl methyl sites for hydroxylation is 4. The van der Waals surface area contributed by atoms with Gasteiger partial charge in [0.1, 0.15) is 5.82 Å². The van der Waals surface area contributed by atoms with Crippen LogP contribution in [0.1, 0.15) is 59.3 Å². The first kappa shape index (κ1) is 19.7. The molecular formula is C24H28N6O. The second-order valence-electron chi connectivity index (χ2n) is 8.70. The van der Waals surface area contributed by atoms with Crippen LogP contribution in [0.25, 0.3) is 16.7 Å². The first-order valence-corrected chi connectivity index (χ1v) is 11.0. The summed E-state index contributed by atoms with van der Waals surface area (Å²) in [6.07, 6.45) is 3.08. The van der Waals surface area contributed by atoms with Gasteiger partial charge in [0.2, 0.25) is 5.91 Å². The lowest BCUT2D eigenvalue weighted by Crippen LogP contribution is -2.31. The molecule has 0 bridgehead atoms. The highest BCUT2D eigenvalue weighted by atomic mass is 16.2. The quantitative estimate of drug-likeness (QED) is 0.542. The molecular weight excluding hydrogens is 388 g/mol. The average molecular weight is 417 g/mol. The summed E-state index contributed by atoms with van der Waals surface area (Å²) < 4.78 is 1.89. The van der Waals surface area contributed by atoms with Crippen LogP contribution in [0.3, 0.4) is 0 Å². The van der Waals surface area contributed by atoms with Crippen molar-refractivity contribution in [2.24, 2.45) is 0 Å². The molecule has 1 unspecified atom stereocenters. The van der Waals surface area contributed by atoms with Crippen molar-refractivity contribution in [1.29, 1.82) is 0 Å². The Balaban J connectivity index is 1.35. The van der Waals surface area contributed by atoms with Crippen LogP contribution in [-0.2, 0) is 11.2 Å². The number of benzene rings is 1. The van der Waals surface area contributed by atoms with E-state index in [4.69, 9.17) is 4.98 Å². The summed E-state index contributed by atoms with van der Waals surface area (Å²) in [7, 11) is 0. The molecule has 1 amide bonds. The van der Waals surface area contributed by atoms with Crippen LogP contribution >= 0.6 is 0 Å². The smallest absolute Gasteiger partial charge is 0.223 e. The second kappa shape index (κ2) is 7.48. The first-order valence-electron chi connectivity index (χ1n) is 11.0. The number of amides is 1. The van der Waals surface area contributed by atoms with Gasteiger partial charge in [-0.25, -0.2) is 14.5 Å². The average Bonchev–Trinajstić information content (AvgIpc) is 3.44. The van der Waals surface area contributed by atoms with Crippen molar-refractivity contribution in [2.75, 3.05) is 6.54 Å². The van der Waals surface area contributed by atoms with E-state index in [-0.39, 0.29) is 11.9 Å². The number of rotatable bonds is 4. The molecule has 4 heterocycles. The van der Waals surface area contributed by atoms with Gasteiger partial charge in [0.05, 0.1) is 22.8 Å². The summed E-state index contributed by atoms with van der Waals surface area (Å²) in [5.41, 5.74) is 8.16. The van der Waals surface area contributed by atoms with E-state index in [1.165, 1.54) is 5.56 Å². The molecule has 1 aliphatic heterocycles. The third-order valence-corrected chi connectivity index (χ3v) is 6.42. The predicted octanol–water partition coefficient (Wildman–Crippen LogP) is 4.14. The Bertz CT molecular complexity index is 1300. The summed E-state index contributed by atoms with van der Waals surface area (Å²) in [6, 6.07) is 8.23. The zero-order chi connectivity index (χ0) is 21.7. The summed E-state index contributed by atoms with van der Waals surface area (Å²) in [5, 5.41) is 4.54. The molecule has 1 aliphatic rings. The monoisotopic (exact) mass is 416 g/mol. The summed E-state index contributed by atoms with van der Waals surface area (Å²) in [4.78, 5) is 28.1. The number of H-pyrrole nitrogens is 1. The molecule has 0 aliphatic carbocycles. The van der Waals surface area contributed by atoms with E-state index < -0.39 is 0 Å². The number of aromatic nitrogens is 5. The van der Waals surface area contributed by atoms with Gasteiger partial charge in [-0.3, -0.25) is 4.79 Å². The van der Waals surface area contributed by atoms with Crippen molar-refractivity contribution >= 4 is 22.6 Å². The Morgan fingerprint density at radius 3 is 2.84 bits per heavy atom. The lowest BCUT2D eigenvalue weighted by atomic mass is 10.1. The molecule has 0 saturated carbocycles. The lowest BCUT2D eigenvalue weighted by Gasteiger charge is -2.23. The molecule has 4 aromatic rings. The van der Waals surface area contributed by atoms with Gasteiger partial charge >= 0.3 is 0 Å². The molecule has 31 heavy (non-hydrogen) atoms. The van der Waals surface area contributed by atoms with Crippen molar-refractivity contribution in [3.05, 3.63) is 58.3 Å². The fraction of sp³-hybridized carbons (Fsp3) is 0.417. The van der Waals surface area contributed by atoms with E-state index in [1.54, 1.807) is 0 Å². The fourth-order valence-electron chi connectivity index (χ4n) is 4.83. The minimum atomic E-state index is 0.0248. The zero-order valence-corrected chi connectivity index (χ0v) is 18.6. The van der Waals surface area contributed by atoms with Crippen LogP contribution in [0.2, 0.25) is 0 Å². The van der Waals surface area contributed by atoms with Crippen LogP contribution in [-0.4, -0.2) is 41.9 Å². The molecule has 7 heteroatoms. The van der Waals surface area contributed by atoms with Crippen LogP contribution in [0.4, 0.5) is 0 Å². The third kappa shape index (κ3) is 3.48. The number of carbonyl (C=O) groups excluding carboxylic acids is 1. The van der Waals surface area contributed by atoms with E-state index in [9.17, 15) is 4.79 Å². The molecule has 160 valence electrons. The van der Waals surface area contributed by atoms with Gasteiger partial charge in [-0.2, -0.15) is 5.10 Å². The van der Waals surface area contributed by atoms with Crippen molar-refractivity contribution < 1.29 is 4.79 Å². The minimum Gasteiger partial charge on any atom is -0.340 e. The second-order valence-corrected chi connectivity index (χ2v) is 8.70. The SMILES string of the molecule is Cc1ccc2nc(C3CCCN3C(=O)CCc3c(C)nc4cc(C)nn4c3C)[nH]c2c1. The van der Waals surface area contributed by atoms with E-state index in [0.29, 0.717) is 12.8 Å². The van der Waals surface area contributed by atoms with Crippen LogP contribution < -0.4 is 0 Å². The first-order chi connectivity index (χ1) is 14.9. The Hall–Kier alpha value is -3.22. The Kier molecular flexibility index (Phi) is 4.76. The maximum atomic E-state index is 13.2. The fourth-order valence-corrected chi connectivity index (χ4v) is 4.83. The summed E-state index contributed by atoms with van der Waals surface area (Å²) >= 11 is 0. The van der Waals surface area contributed by atoms with Gasteiger partial charge in [-0.05, 0) is 70.2 Å². The molecule has 0 spiro atoms. The molecule has 7 nitrogen and oxygen atoms in total. The van der Waals surface area contributed by atoms with Crippen molar-refractivity contribution in [3.63, 3.8) is 0 Å². The van der Waals surface area contributed by atoms with Gasteiger partial charge in [0.15, 0.2) is 5.65 Å². The molecule has 1 fully saturated rings. The lowest BCUT2D eigenvalue weighted by molar-refractivity contribution is -0.132. The number of aromatic amines is 1. The van der Waals surface area contributed by atoms with Crippen LogP contribution in [0.5, 0.6) is 0 Å². The molecule has 1 saturated heterocycles. The van der Waals surface area contributed by atoms with Crippen molar-refractivity contribution in [3.8, 4) is 0 Å². The Morgan fingerprint density at radius 1 is 1.16 bits per heavy atom. The molecule has 3 aromatic heterocycles. The predicted molar refractivity (Wildman–Crippen MR) is 120 cm³/mol. The van der Waals surface area contributed by atoms with Crippen LogP contribution in [0.15, 0.2) is 24.3 Å². The van der Waals surface area contributed by atoms with E-state index in [0.717, 1.165) is 64.5 Å². The number of likely N-dealkylation sites (tertiary alicyclic amines) is 1. The number of nitrogens with one attached hydrogen (secondary N) is 1. The van der Waals surface area contributed by atoms with Gasteiger partial charge < -0.3 is 9.88 Å². The maximum Gasteiger partial charge on any atom is 0.223 e. The molecule has 0 radical (unpaired) electrons. The topological polar surface area (TPSA) is 79.2 Å². The Labute approximate surface area is 181 Å². The highest BCUT2D eigenvalue weighted by Gasteiger charge is 2.32. The highest BCUT2D eigenvalue weighted by Crippen LogP contribution is 2.32. The van der Waals surface area contributed by atoms with Crippen molar-refractivity contribution in [1.82, 2.24) is 29.5 Å². The maximum absolute atomic E-state index is 13.2. The summed E-state index contributed by atoms with van der Waals surface area (Å²) in [6.45, 7) is 8.91. The molecule has 1 atom stereocenters. The van der Waals surface area contributed by atoms with E-state index >= 15 is 0 Å². The molecule has 1 N–H and O–H groups in total. The number of nitrogens with zero attached hydrogens (tertiary/aromatic N) is 5. The van der Waals surface area contributed by atoms with Crippen molar-refractivity contribution in [2.45, 2.75) is 59.4 Å². The number of hydrogen-bond acceptors (Lipinski definition) is 4. The number of fused-ring (bicyclic) bond motifs is 2. The normalized spacial score (nSPS) is 16.6. The minimum absolute atomic E-state index is 0.0248. The molecule has 1 aromatic carbocycles. The van der Waals surface area contributed by atoms with E-state index in [2.05, 4.69) is 41.0 Å². The molecule has 5 rings (SSSR count). The number of hydrogen-bond donors (Lipinski definition) is 1. The summed E-state index contributed by atoms with van der Waals surface area (Å²) in [5.74, 6) is 1.07. The number of imidazole rings is 1. The van der Waals surface area contributed by atoms with Crippen LogP contribution in [0, 0.1) is 27.7 Å². The van der Waals surface area contributed by atoms with Gasteiger partial charge in [-0.1, -0.05) is 6.07 Å². The standard InChI is InChI=1S/C24H28N6O/c1-14-7-9-19-20(12-14)27-24(26-19)21-6-5-11-29(21)23(31)10-8-18-16(3)25-22-13-15(2)28-30(22)17(18)4/h7,9,12-13,21H,5-6,8,10-11H2,1-4H3,(H,26,27). The van der Waals surface area contributed by atoms with Gasteiger partial charge in [0.25, 0.3) is 0 Å². The largest absolute Gasteiger partial charge is 0.340 e. The Morgan fingerprint density at radius 2 is 2.00 bits per heavy atom. The number of carbonyl (C=O) groups is 1.